The van der Waals surface area contributed by atoms with E-state index in [4.69, 9.17) is 5.11 Å². The van der Waals surface area contributed by atoms with Crippen molar-refractivity contribution in [3.63, 3.8) is 0 Å². The number of thioether (sulfide) groups is 1. The van der Waals surface area contributed by atoms with Crippen LogP contribution in [0.15, 0.2) is 12.7 Å². The molecule has 0 aromatic carbocycles. The summed E-state index contributed by atoms with van der Waals surface area (Å²) in [7, 11) is 0. The van der Waals surface area contributed by atoms with Crippen molar-refractivity contribution >= 4 is 17.7 Å². The van der Waals surface area contributed by atoms with Gasteiger partial charge in [-0.15, -0.1) is 6.58 Å². The van der Waals surface area contributed by atoms with Gasteiger partial charge < -0.3 is 10.4 Å². The van der Waals surface area contributed by atoms with Crippen molar-refractivity contribution in [2.75, 3.05) is 24.6 Å². The van der Waals surface area contributed by atoms with Gasteiger partial charge in [0.25, 0.3) is 0 Å². The highest BCUT2D eigenvalue weighted by molar-refractivity contribution is 7.99. The fraction of sp³-hybridized carbons (Fsp3) is 0.667. The van der Waals surface area contributed by atoms with E-state index in [9.17, 15) is 4.79 Å². The molecular formula is C9H17NO2S. The SMILES string of the molecule is C=CCSCCNCCCC(=O)O. The highest BCUT2D eigenvalue weighted by Gasteiger charge is 1.94. The molecule has 0 fully saturated rings. The lowest BCUT2D eigenvalue weighted by Crippen LogP contribution is -2.19. The molecule has 4 heteroatoms. The smallest absolute Gasteiger partial charge is 0.303 e. The molecule has 2 N–H and O–H groups in total. The van der Waals surface area contributed by atoms with Crippen molar-refractivity contribution in [3.8, 4) is 0 Å². The van der Waals surface area contributed by atoms with E-state index in [1.54, 1.807) is 0 Å². The molecule has 0 atom stereocenters. The standard InChI is InChI=1S/C9H17NO2S/c1-2-7-13-8-6-10-5-3-4-9(11)12/h2,10H,1,3-8H2,(H,11,12). The molecule has 0 saturated heterocycles. The molecule has 0 aliphatic rings. The van der Waals surface area contributed by atoms with Crippen LogP contribution in [0.3, 0.4) is 0 Å². The van der Waals surface area contributed by atoms with Gasteiger partial charge in [-0.2, -0.15) is 11.8 Å². The van der Waals surface area contributed by atoms with Gasteiger partial charge in [0.15, 0.2) is 0 Å². The van der Waals surface area contributed by atoms with E-state index in [1.807, 2.05) is 17.8 Å². The van der Waals surface area contributed by atoms with Crippen molar-refractivity contribution in [1.29, 1.82) is 0 Å². The summed E-state index contributed by atoms with van der Waals surface area (Å²) in [4.78, 5) is 10.1. The van der Waals surface area contributed by atoms with Crippen LogP contribution < -0.4 is 5.32 Å². The minimum Gasteiger partial charge on any atom is -0.481 e. The number of aliphatic carboxylic acids is 1. The molecule has 0 unspecified atom stereocenters. The lowest BCUT2D eigenvalue weighted by molar-refractivity contribution is -0.137. The lowest BCUT2D eigenvalue weighted by atomic mass is 10.3. The van der Waals surface area contributed by atoms with Crippen LogP contribution in [0.25, 0.3) is 0 Å². The topological polar surface area (TPSA) is 49.3 Å². The normalized spacial score (nSPS) is 9.85. The molecule has 0 spiro atoms. The summed E-state index contributed by atoms with van der Waals surface area (Å²) in [5.41, 5.74) is 0. The first-order valence-corrected chi connectivity index (χ1v) is 5.54. The maximum absolute atomic E-state index is 10.1. The third-order valence-electron chi connectivity index (χ3n) is 1.40. The van der Waals surface area contributed by atoms with Crippen LogP contribution in [0.5, 0.6) is 0 Å². The minimum atomic E-state index is -0.720. The van der Waals surface area contributed by atoms with Crippen molar-refractivity contribution in [1.82, 2.24) is 5.32 Å². The highest BCUT2D eigenvalue weighted by Crippen LogP contribution is 1.97. The van der Waals surface area contributed by atoms with E-state index < -0.39 is 5.97 Å². The van der Waals surface area contributed by atoms with E-state index in [0.717, 1.165) is 24.6 Å². The summed E-state index contributed by atoms with van der Waals surface area (Å²) in [6, 6.07) is 0. The zero-order chi connectivity index (χ0) is 9.94. The van der Waals surface area contributed by atoms with Crippen LogP contribution in [0.2, 0.25) is 0 Å². The summed E-state index contributed by atoms with van der Waals surface area (Å²) < 4.78 is 0. The van der Waals surface area contributed by atoms with Crippen LogP contribution in [0, 0.1) is 0 Å². The average molecular weight is 203 g/mol. The van der Waals surface area contributed by atoms with Crippen LogP contribution in [0.4, 0.5) is 0 Å². The maximum atomic E-state index is 10.1. The summed E-state index contributed by atoms with van der Waals surface area (Å²) in [6.45, 7) is 5.36. The van der Waals surface area contributed by atoms with Crippen LogP contribution in [-0.4, -0.2) is 35.7 Å². The predicted molar refractivity (Wildman–Crippen MR) is 57.3 cm³/mol. The minimum absolute atomic E-state index is 0.257. The van der Waals surface area contributed by atoms with Gasteiger partial charge in [-0.05, 0) is 13.0 Å². The monoisotopic (exact) mass is 203 g/mol. The molecule has 13 heavy (non-hydrogen) atoms. The fourth-order valence-corrected chi connectivity index (χ4v) is 1.42. The maximum Gasteiger partial charge on any atom is 0.303 e. The van der Waals surface area contributed by atoms with Gasteiger partial charge in [-0.3, -0.25) is 4.79 Å². The van der Waals surface area contributed by atoms with Gasteiger partial charge in [0.1, 0.15) is 0 Å². The summed E-state index contributed by atoms with van der Waals surface area (Å²) in [5, 5.41) is 11.5. The van der Waals surface area contributed by atoms with Crippen molar-refractivity contribution in [3.05, 3.63) is 12.7 Å². The highest BCUT2D eigenvalue weighted by atomic mass is 32.2. The number of hydrogen-bond donors (Lipinski definition) is 2. The van der Waals surface area contributed by atoms with Gasteiger partial charge in [-0.1, -0.05) is 6.08 Å². The lowest BCUT2D eigenvalue weighted by Gasteiger charge is -2.01. The third kappa shape index (κ3) is 11.5. The van der Waals surface area contributed by atoms with Crippen LogP contribution in [-0.2, 0) is 4.79 Å². The Morgan fingerprint density at radius 2 is 2.31 bits per heavy atom. The van der Waals surface area contributed by atoms with Gasteiger partial charge in [0.05, 0.1) is 0 Å². The van der Waals surface area contributed by atoms with Crippen molar-refractivity contribution < 1.29 is 9.90 Å². The zero-order valence-electron chi connectivity index (χ0n) is 7.79. The Balaban J connectivity index is 2.91. The molecule has 0 aliphatic carbocycles. The van der Waals surface area contributed by atoms with Gasteiger partial charge in [-0.25, -0.2) is 0 Å². The molecular weight excluding hydrogens is 186 g/mol. The third-order valence-corrected chi connectivity index (χ3v) is 2.37. The number of hydrogen-bond acceptors (Lipinski definition) is 3. The van der Waals surface area contributed by atoms with E-state index in [1.165, 1.54) is 0 Å². The number of rotatable bonds is 9. The first kappa shape index (κ1) is 12.5. The Bertz CT molecular complexity index is 151. The second kappa shape index (κ2) is 9.61. The number of carboxylic acids is 1. The average Bonchev–Trinajstić information content (AvgIpc) is 2.09. The molecule has 76 valence electrons. The first-order valence-electron chi connectivity index (χ1n) is 4.38. The predicted octanol–water partition coefficient (Wildman–Crippen LogP) is 1.36. The molecule has 0 amide bonds. The number of carbonyl (C=O) groups is 1. The summed E-state index contributed by atoms with van der Waals surface area (Å²) in [5.74, 6) is 1.32. The fourth-order valence-electron chi connectivity index (χ4n) is 0.801. The van der Waals surface area contributed by atoms with Gasteiger partial charge in [0.2, 0.25) is 0 Å². The molecule has 0 aromatic rings. The Labute approximate surface area is 83.6 Å². The van der Waals surface area contributed by atoms with E-state index in [2.05, 4.69) is 11.9 Å². The van der Waals surface area contributed by atoms with E-state index in [-0.39, 0.29) is 6.42 Å². The number of nitrogens with one attached hydrogen (secondary N) is 1. The molecule has 0 aromatic heterocycles. The quantitative estimate of drug-likeness (QED) is 0.439. The van der Waals surface area contributed by atoms with Crippen molar-refractivity contribution in [2.45, 2.75) is 12.8 Å². The van der Waals surface area contributed by atoms with Crippen molar-refractivity contribution in [2.24, 2.45) is 0 Å². The Hall–Kier alpha value is -0.480. The summed E-state index contributed by atoms with van der Waals surface area (Å²) >= 11 is 1.82. The van der Waals surface area contributed by atoms with Gasteiger partial charge in [0, 0.05) is 24.5 Å². The molecule has 3 nitrogen and oxygen atoms in total. The van der Waals surface area contributed by atoms with E-state index in [0.29, 0.717) is 6.42 Å². The Morgan fingerprint density at radius 1 is 1.54 bits per heavy atom. The molecule has 0 radical (unpaired) electrons. The largest absolute Gasteiger partial charge is 0.481 e. The van der Waals surface area contributed by atoms with Crippen LogP contribution >= 0.6 is 11.8 Å². The molecule has 0 rings (SSSR count). The second-order valence-electron chi connectivity index (χ2n) is 2.61. The molecule has 0 heterocycles. The van der Waals surface area contributed by atoms with Gasteiger partial charge >= 0.3 is 5.97 Å². The van der Waals surface area contributed by atoms with E-state index >= 15 is 0 Å². The number of carboxylic acid groups (broad SMARTS) is 1. The second-order valence-corrected chi connectivity index (χ2v) is 3.76. The molecule has 0 saturated carbocycles. The molecule has 0 bridgehead atoms. The summed E-state index contributed by atoms with van der Waals surface area (Å²) in [6.07, 6.45) is 2.85. The molecule has 0 aliphatic heterocycles. The first-order chi connectivity index (χ1) is 6.27. The zero-order valence-corrected chi connectivity index (χ0v) is 8.61. The Morgan fingerprint density at radius 3 is 2.92 bits per heavy atom. The Kier molecular flexibility index (Phi) is 9.25. The van der Waals surface area contributed by atoms with Crippen LogP contribution in [0.1, 0.15) is 12.8 Å².